The van der Waals surface area contributed by atoms with E-state index in [0.717, 1.165) is 6.42 Å². The van der Waals surface area contributed by atoms with Crippen LogP contribution >= 0.6 is 0 Å². The second kappa shape index (κ2) is 11.7. The predicted octanol–water partition coefficient (Wildman–Crippen LogP) is 7.45. The van der Waals surface area contributed by atoms with Gasteiger partial charge in [-0.3, -0.25) is 0 Å². The summed E-state index contributed by atoms with van der Waals surface area (Å²) in [5.41, 5.74) is 8.19. The first-order valence-corrected chi connectivity index (χ1v) is 8.69. The lowest BCUT2D eigenvalue weighted by molar-refractivity contribution is 1.09. The molecule has 0 spiro atoms. The van der Waals surface area contributed by atoms with Crippen molar-refractivity contribution in [2.45, 2.75) is 61.3 Å². The van der Waals surface area contributed by atoms with Crippen molar-refractivity contribution in [3.63, 3.8) is 0 Å². The molecule has 0 heteroatoms. The van der Waals surface area contributed by atoms with Gasteiger partial charge < -0.3 is 0 Å². The van der Waals surface area contributed by atoms with Crippen molar-refractivity contribution in [2.24, 2.45) is 0 Å². The Morgan fingerprint density at radius 1 is 0.826 bits per heavy atom. The van der Waals surface area contributed by atoms with Crippen LogP contribution < -0.4 is 0 Å². The molecule has 2 aromatic rings. The van der Waals surface area contributed by atoms with Gasteiger partial charge in [0.2, 0.25) is 0 Å². The van der Waals surface area contributed by atoms with Crippen LogP contribution in [0.25, 0.3) is 11.1 Å². The molecule has 0 aliphatic heterocycles. The predicted molar refractivity (Wildman–Crippen MR) is 107 cm³/mol. The fourth-order valence-corrected chi connectivity index (χ4v) is 2.14. The van der Waals surface area contributed by atoms with Crippen LogP contribution in [0.3, 0.4) is 0 Å². The Balaban J connectivity index is 0.000000704. The quantitative estimate of drug-likeness (QED) is 0.505. The van der Waals surface area contributed by atoms with Crippen molar-refractivity contribution in [1.29, 1.82) is 0 Å². The fourth-order valence-electron chi connectivity index (χ4n) is 2.14. The van der Waals surface area contributed by atoms with Gasteiger partial charge in [-0.05, 0) is 67.5 Å². The second-order valence-electron chi connectivity index (χ2n) is 5.90. The lowest BCUT2D eigenvalue weighted by Gasteiger charge is -2.09. The van der Waals surface area contributed by atoms with Gasteiger partial charge in [-0.1, -0.05) is 69.7 Å². The van der Waals surface area contributed by atoms with Gasteiger partial charge >= 0.3 is 0 Å². The highest BCUT2D eigenvalue weighted by Crippen LogP contribution is 2.25. The summed E-state index contributed by atoms with van der Waals surface area (Å²) < 4.78 is 0. The van der Waals surface area contributed by atoms with Crippen molar-refractivity contribution >= 4 is 0 Å². The second-order valence-corrected chi connectivity index (χ2v) is 5.90. The average molecular weight is 311 g/mol. The molecule has 0 aromatic heterocycles. The fraction of sp³-hybridized carbons (Fsp3) is 0.391. The summed E-state index contributed by atoms with van der Waals surface area (Å²) in [6.45, 7) is 18.3. The van der Waals surface area contributed by atoms with E-state index in [-0.39, 0.29) is 0 Å². The highest BCUT2D eigenvalue weighted by Gasteiger charge is 2.03. The zero-order valence-corrected chi connectivity index (χ0v) is 16.2. The molecular formula is C23H34. The maximum Gasteiger partial charge on any atom is -0.0179 e. The molecule has 23 heavy (non-hydrogen) atoms. The van der Waals surface area contributed by atoms with Crippen LogP contribution in [0.15, 0.2) is 49.1 Å². The Kier molecular flexibility index (Phi) is 10.8. The normalized spacial score (nSPS) is 9.17. The molecule has 0 saturated heterocycles. The molecule has 0 nitrogen and oxygen atoms in total. The van der Waals surface area contributed by atoms with Crippen LogP contribution in [-0.2, 0) is 6.42 Å². The van der Waals surface area contributed by atoms with E-state index in [9.17, 15) is 0 Å². The van der Waals surface area contributed by atoms with Gasteiger partial charge in [0.15, 0.2) is 0 Å². The van der Waals surface area contributed by atoms with Gasteiger partial charge in [-0.15, -0.1) is 6.58 Å². The van der Waals surface area contributed by atoms with E-state index in [1.165, 1.54) is 39.8 Å². The van der Waals surface area contributed by atoms with E-state index < -0.39 is 0 Å². The van der Waals surface area contributed by atoms with Crippen LogP contribution in [0.5, 0.6) is 0 Å². The molecule has 0 atom stereocenters. The molecule has 0 bridgehead atoms. The highest BCUT2D eigenvalue weighted by molar-refractivity contribution is 5.66. The Labute approximate surface area is 144 Å². The molecule has 126 valence electrons. The summed E-state index contributed by atoms with van der Waals surface area (Å²) in [5.74, 6) is 0. The minimum atomic E-state index is 1.10. The average Bonchev–Trinajstić information content (AvgIpc) is 2.54. The van der Waals surface area contributed by atoms with Crippen LogP contribution in [0.4, 0.5) is 0 Å². The van der Waals surface area contributed by atoms with Gasteiger partial charge in [-0.2, -0.15) is 0 Å². The van der Waals surface area contributed by atoms with E-state index in [4.69, 9.17) is 0 Å². The third kappa shape index (κ3) is 7.32. The van der Waals surface area contributed by atoms with E-state index in [1.807, 2.05) is 6.92 Å². The molecule has 0 N–H and O–H groups in total. The standard InChI is InChI=1S/C17H20.C3H8.C3H6/c1-5-15-6-8-16(9-7-15)17-10-12(2)14(4)13(3)11-17;2*1-3-2/h6-11H,5H2,1-4H3;3H2,1-2H3;3H,1H2,2H3. The Morgan fingerprint density at radius 3 is 1.57 bits per heavy atom. The van der Waals surface area contributed by atoms with Crippen LogP contribution in [0, 0.1) is 20.8 Å². The highest BCUT2D eigenvalue weighted by atomic mass is 14.1. The first kappa shape index (κ1) is 21.2. The molecule has 0 amide bonds. The van der Waals surface area contributed by atoms with E-state index in [2.05, 4.69) is 84.5 Å². The smallest absolute Gasteiger partial charge is 0.0179 e. The minimum Gasteiger partial charge on any atom is -0.103 e. The zero-order valence-electron chi connectivity index (χ0n) is 16.2. The summed E-state index contributed by atoms with van der Waals surface area (Å²) in [5, 5.41) is 0. The zero-order chi connectivity index (χ0) is 17.8. The number of aryl methyl sites for hydroxylation is 3. The summed E-state index contributed by atoms with van der Waals surface area (Å²) in [6.07, 6.45) is 4.10. The monoisotopic (exact) mass is 310 g/mol. The topological polar surface area (TPSA) is 0 Å². The third-order valence-corrected chi connectivity index (χ3v) is 3.62. The van der Waals surface area contributed by atoms with E-state index in [1.54, 1.807) is 6.08 Å². The van der Waals surface area contributed by atoms with E-state index >= 15 is 0 Å². The Morgan fingerprint density at radius 2 is 1.22 bits per heavy atom. The number of benzene rings is 2. The molecule has 0 radical (unpaired) electrons. The first-order chi connectivity index (χ1) is 10.9. The maximum absolute atomic E-state index is 3.36. The number of rotatable bonds is 2. The van der Waals surface area contributed by atoms with Crippen molar-refractivity contribution < 1.29 is 0 Å². The van der Waals surface area contributed by atoms with Crippen molar-refractivity contribution in [1.82, 2.24) is 0 Å². The first-order valence-electron chi connectivity index (χ1n) is 8.69. The van der Waals surface area contributed by atoms with E-state index in [0.29, 0.717) is 0 Å². The Bertz CT molecular complexity index is 550. The third-order valence-electron chi connectivity index (χ3n) is 3.62. The maximum atomic E-state index is 3.36. The Hall–Kier alpha value is -1.82. The number of hydrogen-bond acceptors (Lipinski definition) is 0. The molecule has 0 fully saturated rings. The van der Waals surface area contributed by atoms with Crippen LogP contribution in [0.2, 0.25) is 0 Å². The molecule has 0 heterocycles. The number of allylic oxidation sites excluding steroid dienone is 1. The molecule has 2 rings (SSSR count). The van der Waals surface area contributed by atoms with Gasteiger partial charge in [0.05, 0.1) is 0 Å². The molecule has 0 unspecified atom stereocenters. The molecular weight excluding hydrogens is 276 g/mol. The number of hydrogen-bond donors (Lipinski definition) is 0. The van der Waals surface area contributed by atoms with Gasteiger partial charge in [-0.25, -0.2) is 0 Å². The van der Waals surface area contributed by atoms with Crippen LogP contribution in [0.1, 0.15) is 56.4 Å². The van der Waals surface area contributed by atoms with Gasteiger partial charge in [0.1, 0.15) is 0 Å². The molecule has 0 aliphatic carbocycles. The molecule has 2 aromatic carbocycles. The summed E-state index contributed by atoms with van der Waals surface area (Å²) in [6, 6.07) is 13.5. The van der Waals surface area contributed by atoms with Crippen LogP contribution in [-0.4, -0.2) is 0 Å². The lowest BCUT2D eigenvalue weighted by atomic mass is 9.96. The largest absolute Gasteiger partial charge is 0.103 e. The minimum absolute atomic E-state index is 1.10. The van der Waals surface area contributed by atoms with Gasteiger partial charge in [0.25, 0.3) is 0 Å². The van der Waals surface area contributed by atoms with Gasteiger partial charge in [0, 0.05) is 0 Å². The SMILES string of the molecule is C=CC.CCC.CCc1ccc(-c2cc(C)c(C)c(C)c2)cc1. The summed E-state index contributed by atoms with van der Waals surface area (Å²) in [7, 11) is 0. The van der Waals surface area contributed by atoms with Crippen molar-refractivity contribution in [3.05, 3.63) is 71.3 Å². The van der Waals surface area contributed by atoms with Crippen molar-refractivity contribution in [3.8, 4) is 11.1 Å². The molecule has 0 aliphatic rings. The molecule has 0 saturated carbocycles. The van der Waals surface area contributed by atoms with Crippen molar-refractivity contribution in [2.75, 3.05) is 0 Å². The summed E-state index contributed by atoms with van der Waals surface area (Å²) >= 11 is 0. The summed E-state index contributed by atoms with van der Waals surface area (Å²) in [4.78, 5) is 0. The lowest BCUT2D eigenvalue weighted by Crippen LogP contribution is -1.89.